The Bertz CT molecular complexity index is 638. The van der Waals surface area contributed by atoms with Gasteiger partial charge in [0, 0.05) is 12.4 Å². The van der Waals surface area contributed by atoms with E-state index >= 15 is 0 Å². The first kappa shape index (κ1) is 23.7. The van der Waals surface area contributed by atoms with Crippen LogP contribution in [0.5, 0.6) is 0 Å². The number of pyridine rings is 2. The Kier molecular flexibility index (Phi) is 13.2. The Morgan fingerprint density at radius 2 is 1.20 bits per heavy atom. The molecule has 0 spiro atoms. The molecule has 2 heterocycles. The number of hydrogen-bond donors (Lipinski definition) is 0. The Labute approximate surface area is 171 Å². The maximum Gasteiger partial charge on any atom is 0.0886 e. The summed E-state index contributed by atoms with van der Waals surface area (Å²) in [6.45, 7) is 6.54. The smallest absolute Gasteiger partial charge is 0.0886 e. The molecule has 0 aliphatic carbocycles. The summed E-state index contributed by atoms with van der Waals surface area (Å²) in [6, 6.07) is 20.3. The summed E-state index contributed by atoms with van der Waals surface area (Å²) in [5.41, 5.74) is 4.59. The zero-order valence-electron chi connectivity index (χ0n) is 14.5. The summed E-state index contributed by atoms with van der Waals surface area (Å²) in [7, 11) is 4.57. The molecule has 0 saturated carbocycles. The standard InChI is InChI=1S/C10H8N2.C10H14.2ClH.Ru/c1-3-7-11-9(5-1)10-6-2-4-8-12-10;1-8(2)10-6-4-9(3)5-7-10;;;/h1-8H;4-8H,1-3H3;2*1H;/q;;;;+2/p-2. The first-order valence-corrected chi connectivity index (χ1v) is 9.93. The molecule has 25 heavy (non-hydrogen) atoms. The molecule has 0 N–H and O–H groups in total. The van der Waals surface area contributed by atoms with Gasteiger partial charge in [-0.25, -0.2) is 0 Å². The second-order valence-electron chi connectivity index (χ2n) is 5.50. The van der Waals surface area contributed by atoms with Gasteiger partial charge in [0.2, 0.25) is 0 Å². The van der Waals surface area contributed by atoms with Gasteiger partial charge in [0.05, 0.1) is 11.4 Å². The Morgan fingerprint density at radius 1 is 0.760 bits per heavy atom. The fraction of sp³-hybridized carbons (Fsp3) is 0.200. The van der Waals surface area contributed by atoms with Crippen LogP contribution in [-0.2, 0) is 17.3 Å². The SMILES string of the molecule is Cc1ccc(C(C)C)cc1.[Cl-].[Cl][Ru+].c1ccc(-c2ccccn2)nc1. The maximum atomic E-state index is 4.57. The van der Waals surface area contributed by atoms with Gasteiger partial charge in [0.1, 0.15) is 0 Å². The maximum absolute atomic E-state index is 4.57. The average Bonchev–Trinajstić information content (AvgIpc) is 2.66. The molecule has 1 aromatic carbocycles. The summed E-state index contributed by atoms with van der Waals surface area (Å²) in [5, 5.41) is 0. The molecule has 0 aliphatic rings. The molecule has 3 aromatic rings. The fourth-order valence-electron chi connectivity index (χ4n) is 1.98. The molecule has 0 radical (unpaired) electrons. The third-order valence-electron chi connectivity index (χ3n) is 3.34. The molecule has 0 fully saturated rings. The van der Waals surface area contributed by atoms with Crippen molar-refractivity contribution in [2.24, 2.45) is 0 Å². The van der Waals surface area contributed by atoms with Crippen LogP contribution in [0.2, 0.25) is 0 Å². The van der Waals surface area contributed by atoms with Crippen molar-refractivity contribution in [2.75, 3.05) is 0 Å². The van der Waals surface area contributed by atoms with Crippen LogP contribution < -0.4 is 12.4 Å². The second-order valence-corrected chi connectivity index (χ2v) is 5.50. The van der Waals surface area contributed by atoms with E-state index < -0.39 is 0 Å². The molecular weight excluding hydrogens is 440 g/mol. The molecule has 0 saturated heterocycles. The number of halogens is 2. The van der Waals surface area contributed by atoms with Crippen LogP contribution in [0.1, 0.15) is 30.9 Å². The molecule has 2 aromatic heterocycles. The molecule has 0 atom stereocenters. The number of nitrogens with zero attached hydrogens (tertiary/aromatic N) is 2. The van der Waals surface area contributed by atoms with Crippen LogP contribution in [0.3, 0.4) is 0 Å². The molecule has 0 aliphatic heterocycles. The average molecular weight is 462 g/mol. The van der Waals surface area contributed by atoms with Crippen molar-refractivity contribution < 1.29 is 29.7 Å². The third kappa shape index (κ3) is 9.11. The minimum atomic E-state index is 0. The van der Waals surface area contributed by atoms with Gasteiger partial charge < -0.3 is 12.4 Å². The van der Waals surface area contributed by atoms with Crippen LogP contribution in [-0.4, -0.2) is 9.97 Å². The van der Waals surface area contributed by atoms with Gasteiger partial charge in [-0.05, 0) is 42.7 Å². The van der Waals surface area contributed by atoms with Crippen molar-refractivity contribution in [1.82, 2.24) is 9.97 Å². The molecular formula is C20H22Cl2N2Ru. The first-order valence-electron chi connectivity index (χ1n) is 7.69. The molecule has 0 unspecified atom stereocenters. The van der Waals surface area contributed by atoms with Crippen molar-refractivity contribution in [3.05, 3.63) is 84.2 Å². The van der Waals surface area contributed by atoms with Gasteiger partial charge >= 0.3 is 27.0 Å². The van der Waals surface area contributed by atoms with E-state index in [-0.39, 0.29) is 12.4 Å². The van der Waals surface area contributed by atoms with Gasteiger partial charge in [-0.3, -0.25) is 9.97 Å². The third-order valence-corrected chi connectivity index (χ3v) is 3.34. The summed E-state index contributed by atoms with van der Waals surface area (Å²) in [5.74, 6) is 0.653. The van der Waals surface area contributed by atoms with Crippen molar-refractivity contribution in [1.29, 1.82) is 0 Å². The molecule has 134 valence electrons. The quantitative estimate of drug-likeness (QED) is 0.548. The predicted molar refractivity (Wildman–Crippen MR) is 98.6 cm³/mol. The first-order chi connectivity index (χ1) is 11.7. The number of aromatic nitrogens is 2. The van der Waals surface area contributed by atoms with Crippen molar-refractivity contribution in [3.63, 3.8) is 0 Å². The van der Waals surface area contributed by atoms with Gasteiger partial charge in [-0.2, -0.15) is 0 Å². The van der Waals surface area contributed by atoms with Crippen LogP contribution in [0.4, 0.5) is 0 Å². The van der Waals surface area contributed by atoms with E-state index in [0.29, 0.717) is 5.92 Å². The van der Waals surface area contributed by atoms with E-state index in [1.54, 1.807) is 12.4 Å². The van der Waals surface area contributed by atoms with Gasteiger partial charge in [-0.15, -0.1) is 0 Å². The molecule has 3 rings (SSSR count). The van der Waals surface area contributed by atoms with Crippen LogP contribution in [0.25, 0.3) is 11.4 Å². The minimum absolute atomic E-state index is 0. The van der Waals surface area contributed by atoms with Crippen molar-refractivity contribution >= 4 is 9.69 Å². The zero-order chi connectivity index (χ0) is 17.8. The Morgan fingerprint density at radius 3 is 1.52 bits per heavy atom. The normalized spacial score (nSPS) is 9.04. The Hall–Kier alpha value is -1.28. The summed E-state index contributed by atoms with van der Waals surface area (Å²) >= 11 is 1.82. The fourth-order valence-corrected chi connectivity index (χ4v) is 1.98. The second kappa shape index (κ2) is 14.0. The van der Waals surface area contributed by atoms with Crippen LogP contribution in [0, 0.1) is 6.92 Å². The topological polar surface area (TPSA) is 25.8 Å². The van der Waals surface area contributed by atoms with E-state index in [1.807, 2.05) is 53.7 Å². The number of aryl methyl sites for hydroxylation is 1. The van der Waals surface area contributed by atoms with Gasteiger partial charge in [-0.1, -0.05) is 55.8 Å². The van der Waals surface area contributed by atoms with Crippen LogP contribution in [0.15, 0.2) is 73.1 Å². The van der Waals surface area contributed by atoms with E-state index in [0.717, 1.165) is 11.4 Å². The number of rotatable bonds is 2. The molecule has 5 heteroatoms. The zero-order valence-corrected chi connectivity index (χ0v) is 17.8. The van der Waals surface area contributed by atoms with E-state index in [1.165, 1.54) is 11.1 Å². The number of benzene rings is 1. The van der Waals surface area contributed by atoms with Crippen LogP contribution >= 0.6 is 9.69 Å². The summed E-state index contributed by atoms with van der Waals surface area (Å²) < 4.78 is 0. The van der Waals surface area contributed by atoms with E-state index in [2.05, 4.69) is 64.7 Å². The van der Waals surface area contributed by atoms with E-state index in [9.17, 15) is 0 Å². The van der Waals surface area contributed by atoms with Crippen molar-refractivity contribution in [2.45, 2.75) is 26.7 Å². The molecule has 0 bridgehead atoms. The van der Waals surface area contributed by atoms with E-state index in [4.69, 9.17) is 0 Å². The van der Waals surface area contributed by atoms with Gasteiger partial charge in [0.15, 0.2) is 0 Å². The minimum Gasteiger partial charge on any atom is -0.255 e. The molecule has 2 nitrogen and oxygen atoms in total. The summed E-state index contributed by atoms with van der Waals surface area (Å²) in [6.07, 6.45) is 3.54. The largest absolute Gasteiger partial charge is 0.255 e. The number of hydrogen-bond acceptors (Lipinski definition) is 2. The van der Waals surface area contributed by atoms with Gasteiger partial charge in [0.25, 0.3) is 0 Å². The van der Waals surface area contributed by atoms with Crippen molar-refractivity contribution in [3.8, 4) is 11.4 Å². The monoisotopic (exact) mass is 462 g/mol. The summed E-state index contributed by atoms with van der Waals surface area (Å²) in [4.78, 5) is 8.37. The predicted octanol–water partition coefficient (Wildman–Crippen LogP) is 2.95. The molecule has 0 amide bonds. The Balaban J connectivity index is 0.000000410.